The van der Waals surface area contributed by atoms with Gasteiger partial charge in [-0.15, -0.1) is 0 Å². The Morgan fingerprint density at radius 1 is 1.28 bits per heavy atom. The molecule has 0 aliphatic heterocycles. The van der Waals surface area contributed by atoms with Crippen molar-refractivity contribution in [1.29, 1.82) is 0 Å². The van der Waals surface area contributed by atoms with E-state index in [1.807, 2.05) is 22.7 Å². The van der Waals surface area contributed by atoms with Crippen molar-refractivity contribution in [2.24, 2.45) is 5.92 Å². The quantitative estimate of drug-likeness (QED) is 0.866. The van der Waals surface area contributed by atoms with Crippen molar-refractivity contribution in [1.82, 2.24) is 9.38 Å². The number of nitrogens with zero attached hydrogens (tertiary/aromatic N) is 2. The van der Waals surface area contributed by atoms with Crippen molar-refractivity contribution in [2.75, 3.05) is 5.73 Å². The molecule has 3 nitrogen and oxygen atoms in total. The highest BCUT2D eigenvalue weighted by atomic mass is 79.9. The number of anilines is 1. The van der Waals surface area contributed by atoms with Crippen LogP contribution < -0.4 is 5.73 Å². The first-order chi connectivity index (χ1) is 8.65. The standard InChI is InChI=1S/C14H18BrN3/c1-9-2-4-10(5-3-9)13-14(16)18-8-11(15)6-7-12(18)17-13/h6-10H,2-5,16H2,1H3. The number of fused-ring (bicyclic) bond motifs is 1. The van der Waals surface area contributed by atoms with Gasteiger partial charge >= 0.3 is 0 Å². The van der Waals surface area contributed by atoms with Crippen LogP contribution in [0.5, 0.6) is 0 Å². The van der Waals surface area contributed by atoms with Gasteiger partial charge in [0.1, 0.15) is 11.5 Å². The molecule has 2 aromatic rings. The molecule has 0 spiro atoms. The van der Waals surface area contributed by atoms with Crippen LogP contribution in [0.15, 0.2) is 22.8 Å². The number of hydrogen-bond acceptors (Lipinski definition) is 2. The van der Waals surface area contributed by atoms with E-state index in [9.17, 15) is 0 Å². The summed E-state index contributed by atoms with van der Waals surface area (Å²) in [4.78, 5) is 4.72. The molecule has 0 bridgehead atoms. The topological polar surface area (TPSA) is 43.3 Å². The van der Waals surface area contributed by atoms with E-state index in [0.717, 1.165) is 27.5 Å². The van der Waals surface area contributed by atoms with E-state index < -0.39 is 0 Å². The second-order valence-electron chi connectivity index (χ2n) is 5.41. The van der Waals surface area contributed by atoms with Gasteiger partial charge < -0.3 is 5.73 Å². The summed E-state index contributed by atoms with van der Waals surface area (Å²) in [6, 6.07) is 4.02. The number of nitrogen functional groups attached to an aromatic ring is 1. The summed E-state index contributed by atoms with van der Waals surface area (Å²) in [5, 5.41) is 0. The predicted molar refractivity (Wildman–Crippen MR) is 77.7 cm³/mol. The van der Waals surface area contributed by atoms with Crippen LogP contribution in [-0.4, -0.2) is 9.38 Å². The van der Waals surface area contributed by atoms with Gasteiger partial charge in [-0.05, 0) is 46.8 Å². The van der Waals surface area contributed by atoms with Crippen LogP contribution in [0, 0.1) is 5.92 Å². The molecule has 2 heterocycles. The molecular formula is C14H18BrN3. The molecule has 4 heteroatoms. The normalized spacial score (nSPS) is 24.6. The van der Waals surface area contributed by atoms with Gasteiger partial charge in [-0.25, -0.2) is 4.98 Å². The molecule has 0 aromatic carbocycles. The Labute approximate surface area is 116 Å². The lowest BCUT2D eigenvalue weighted by atomic mass is 9.81. The van der Waals surface area contributed by atoms with E-state index in [0.29, 0.717) is 5.92 Å². The fourth-order valence-corrected chi connectivity index (χ4v) is 3.23. The van der Waals surface area contributed by atoms with E-state index in [4.69, 9.17) is 10.7 Å². The van der Waals surface area contributed by atoms with Gasteiger partial charge in [0.05, 0.1) is 5.69 Å². The average molecular weight is 308 g/mol. The number of hydrogen-bond donors (Lipinski definition) is 1. The fraction of sp³-hybridized carbons (Fsp3) is 0.500. The molecule has 2 N–H and O–H groups in total. The van der Waals surface area contributed by atoms with Crippen molar-refractivity contribution < 1.29 is 0 Å². The van der Waals surface area contributed by atoms with Crippen molar-refractivity contribution in [3.63, 3.8) is 0 Å². The van der Waals surface area contributed by atoms with Gasteiger partial charge in [0, 0.05) is 16.6 Å². The van der Waals surface area contributed by atoms with Crippen LogP contribution in [0.1, 0.15) is 44.2 Å². The average Bonchev–Trinajstić information content (AvgIpc) is 2.68. The molecule has 0 amide bonds. The predicted octanol–water partition coefficient (Wildman–Crippen LogP) is 3.97. The van der Waals surface area contributed by atoms with E-state index >= 15 is 0 Å². The smallest absolute Gasteiger partial charge is 0.138 e. The minimum Gasteiger partial charge on any atom is -0.383 e. The Kier molecular flexibility index (Phi) is 3.06. The van der Waals surface area contributed by atoms with Crippen LogP contribution in [0.4, 0.5) is 5.82 Å². The molecule has 1 aliphatic rings. The molecule has 18 heavy (non-hydrogen) atoms. The maximum Gasteiger partial charge on any atom is 0.138 e. The molecule has 0 unspecified atom stereocenters. The van der Waals surface area contributed by atoms with Crippen molar-refractivity contribution in [2.45, 2.75) is 38.5 Å². The summed E-state index contributed by atoms with van der Waals surface area (Å²) in [6.07, 6.45) is 7.02. The van der Waals surface area contributed by atoms with E-state index in [1.54, 1.807) is 0 Å². The molecule has 3 rings (SSSR count). The first kappa shape index (κ1) is 12.0. The number of nitrogens with two attached hydrogens (primary N) is 1. The third kappa shape index (κ3) is 2.03. The number of rotatable bonds is 1. The molecular weight excluding hydrogens is 290 g/mol. The maximum absolute atomic E-state index is 6.25. The van der Waals surface area contributed by atoms with Gasteiger partial charge in [-0.3, -0.25) is 4.40 Å². The second-order valence-corrected chi connectivity index (χ2v) is 6.33. The number of halogens is 1. The first-order valence-electron chi connectivity index (χ1n) is 6.58. The third-order valence-corrected chi connectivity index (χ3v) is 4.52. The lowest BCUT2D eigenvalue weighted by molar-refractivity contribution is 0.345. The summed E-state index contributed by atoms with van der Waals surface area (Å²) >= 11 is 3.48. The first-order valence-corrected chi connectivity index (χ1v) is 7.37. The van der Waals surface area contributed by atoms with Gasteiger partial charge in [0.15, 0.2) is 0 Å². The van der Waals surface area contributed by atoms with Gasteiger partial charge in [-0.2, -0.15) is 0 Å². The van der Waals surface area contributed by atoms with Crippen molar-refractivity contribution in [3.05, 3.63) is 28.5 Å². The van der Waals surface area contributed by atoms with Crippen LogP contribution in [0.3, 0.4) is 0 Å². The Hall–Kier alpha value is -1.03. The molecule has 2 aromatic heterocycles. The molecule has 1 fully saturated rings. The zero-order valence-corrected chi connectivity index (χ0v) is 12.2. The van der Waals surface area contributed by atoms with E-state index in [-0.39, 0.29) is 0 Å². The van der Waals surface area contributed by atoms with Crippen LogP contribution in [-0.2, 0) is 0 Å². The van der Waals surface area contributed by atoms with E-state index in [2.05, 4.69) is 22.9 Å². The molecule has 1 saturated carbocycles. The summed E-state index contributed by atoms with van der Waals surface area (Å²) in [7, 11) is 0. The summed E-state index contributed by atoms with van der Waals surface area (Å²) < 4.78 is 3.01. The lowest BCUT2D eigenvalue weighted by Gasteiger charge is -2.25. The highest BCUT2D eigenvalue weighted by Gasteiger charge is 2.24. The van der Waals surface area contributed by atoms with Gasteiger partial charge in [0.25, 0.3) is 0 Å². The Bertz CT molecular complexity index is 568. The molecule has 1 aliphatic carbocycles. The molecule has 96 valence electrons. The fourth-order valence-electron chi connectivity index (χ4n) is 2.89. The SMILES string of the molecule is CC1CCC(c2nc3ccc(Br)cn3c2N)CC1. The van der Waals surface area contributed by atoms with Crippen LogP contribution in [0.2, 0.25) is 0 Å². The maximum atomic E-state index is 6.25. The Balaban J connectivity index is 1.99. The Morgan fingerprint density at radius 3 is 2.72 bits per heavy atom. The number of aromatic nitrogens is 2. The minimum atomic E-state index is 0.542. The largest absolute Gasteiger partial charge is 0.383 e. The van der Waals surface area contributed by atoms with Crippen LogP contribution >= 0.6 is 15.9 Å². The van der Waals surface area contributed by atoms with Crippen molar-refractivity contribution >= 4 is 27.4 Å². The van der Waals surface area contributed by atoms with E-state index in [1.165, 1.54) is 25.7 Å². The lowest BCUT2D eigenvalue weighted by Crippen LogP contribution is -2.12. The highest BCUT2D eigenvalue weighted by molar-refractivity contribution is 9.10. The monoisotopic (exact) mass is 307 g/mol. The third-order valence-electron chi connectivity index (χ3n) is 4.05. The summed E-state index contributed by atoms with van der Waals surface area (Å²) in [5.41, 5.74) is 8.30. The van der Waals surface area contributed by atoms with Crippen molar-refractivity contribution in [3.8, 4) is 0 Å². The van der Waals surface area contributed by atoms with Gasteiger partial charge in [-0.1, -0.05) is 19.8 Å². The molecule has 0 saturated heterocycles. The molecule has 0 radical (unpaired) electrons. The molecule has 0 atom stereocenters. The van der Waals surface area contributed by atoms with Gasteiger partial charge in [0.2, 0.25) is 0 Å². The zero-order valence-electron chi connectivity index (χ0n) is 10.6. The number of pyridine rings is 1. The second kappa shape index (κ2) is 4.57. The summed E-state index contributed by atoms with van der Waals surface area (Å²) in [5.74, 6) is 2.21. The zero-order chi connectivity index (χ0) is 12.7. The Morgan fingerprint density at radius 2 is 2.00 bits per heavy atom. The highest BCUT2D eigenvalue weighted by Crippen LogP contribution is 2.37. The minimum absolute atomic E-state index is 0.542. The number of imidazole rings is 1. The van der Waals surface area contributed by atoms with Crippen LogP contribution in [0.25, 0.3) is 5.65 Å². The summed E-state index contributed by atoms with van der Waals surface area (Å²) in [6.45, 7) is 2.33.